The van der Waals surface area contributed by atoms with Gasteiger partial charge in [0.2, 0.25) is 5.91 Å². The molecule has 2 aromatic rings. The van der Waals surface area contributed by atoms with Crippen LogP contribution in [0.1, 0.15) is 10.5 Å². The molecule has 1 saturated heterocycles. The number of hydrogen-bond donors (Lipinski definition) is 2. The summed E-state index contributed by atoms with van der Waals surface area (Å²) in [4.78, 5) is 26.1. The highest BCUT2D eigenvalue weighted by Gasteiger charge is 2.13. The van der Waals surface area contributed by atoms with Crippen molar-refractivity contribution in [2.45, 2.75) is 0 Å². The van der Waals surface area contributed by atoms with Crippen molar-refractivity contribution in [2.24, 2.45) is 0 Å². The lowest BCUT2D eigenvalue weighted by molar-refractivity contribution is -0.120. The van der Waals surface area contributed by atoms with Crippen molar-refractivity contribution in [1.29, 1.82) is 0 Å². The van der Waals surface area contributed by atoms with E-state index in [1.54, 1.807) is 16.8 Å². The minimum atomic E-state index is -0.359. The van der Waals surface area contributed by atoms with Crippen molar-refractivity contribution < 1.29 is 14.3 Å². The molecule has 0 radical (unpaired) electrons. The minimum absolute atomic E-state index is 0.0597. The average molecular weight is 331 g/mol. The molecule has 128 valence electrons. The summed E-state index contributed by atoms with van der Waals surface area (Å²) >= 11 is 0. The van der Waals surface area contributed by atoms with E-state index in [9.17, 15) is 9.59 Å². The Bertz CT molecular complexity index is 676. The molecule has 0 bridgehead atoms. The molecule has 1 aliphatic heterocycles. The van der Waals surface area contributed by atoms with E-state index in [2.05, 4.69) is 20.6 Å². The van der Waals surface area contributed by atoms with Crippen molar-refractivity contribution in [3.63, 3.8) is 0 Å². The number of rotatable bonds is 6. The zero-order valence-corrected chi connectivity index (χ0v) is 13.4. The van der Waals surface area contributed by atoms with Crippen LogP contribution in [0.3, 0.4) is 0 Å². The molecule has 0 unspecified atom stereocenters. The van der Waals surface area contributed by atoms with Gasteiger partial charge in [0.25, 0.3) is 5.91 Å². The molecule has 2 amide bonds. The summed E-state index contributed by atoms with van der Waals surface area (Å²) in [5.74, 6) is -0.567. The molecular formula is C16H21N5O3. The maximum absolute atomic E-state index is 12.1. The van der Waals surface area contributed by atoms with Gasteiger partial charge >= 0.3 is 0 Å². The van der Waals surface area contributed by atoms with Crippen LogP contribution in [-0.2, 0) is 9.53 Å². The number of ether oxygens (including phenoxy) is 1. The molecule has 2 aromatic heterocycles. The predicted octanol–water partition coefficient (Wildman–Crippen LogP) is -0.487. The Hall–Kier alpha value is -2.45. The summed E-state index contributed by atoms with van der Waals surface area (Å²) < 4.78 is 6.89. The van der Waals surface area contributed by atoms with Gasteiger partial charge in [0.05, 0.1) is 25.3 Å². The van der Waals surface area contributed by atoms with Crippen molar-refractivity contribution in [3.05, 3.63) is 36.2 Å². The zero-order chi connectivity index (χ0) is 16.8. The molecule has 0 saturated carbocycles. The number of fused-ring (bicyclic) bond motifs is 1. The quantitative estimate of drug-likeness (QED) is 0.746. The summed E-state index contributed by atoms with van der Waals surface area (Å²) in [6.07, 6.45) is 1.77. The van der Waals surface area contributed by atoms with Crippen LogP contribution in [0.5, 0.6) is 0 Å². The van der Waals surface area contributed by atoms with Crippen LogP contribution in [0, 0.1) is 0 Å². The largest absolute Gasteiger partial charge is 0.379 e. The number of hydrogen-bond acceptors (Lipinski definition) is 5. The van der Waals surface area contributed by atoms with Crippen LogP contribution >= 0.6 is 0 Å². The van der Waals surface area contributed by atoms with E-state index in [-0.39, 0.29) is 18.4 Å². The number of morpholine rings is 1. The maximum atomic E-state index is 12.1. The number of nitrogens with zero attached hydrogens (tertiary/aromatic N) is 3. The van der Waals surface area contributed by atoms with E-state index in [0.29, 0.717) is 12.2 Å². The Balaban J connectivity index is 1.39. The molecule has 1 fully saturated rings. The first-order valence-electron chi connectivity index (χ1n) is 8.02. The smallest absolute Gasteiger partial charge is 0.272 e. The third-order valence-electron chi connectivity index (χ3n) is 3.87. The minimum Gasteiger partial charge on any atom is -0.379 e. The van der Waals surface area contributed by atoms with Crippen LogP contribution in [0.25, 0.3) is 5.52 Å². The van der Waals surface area contributed by atoms with Crippen molar-refractivity contribution >= 4 is 17.3 Å². The lowest BCUT2D eigenvalue weighted by atomic mass is 10.3. The number of pyridine rings is 1. The van der Waals surface area contributed by atoms with Crippen molar-refractivity contribution in [3.8, 4) is 0 Å². The number of aromatic nitrogens is 2. The first kappa shape index (κ1) is 16.4. The molecule has 2 N–H and O–H groups in total. The van der Waals surface area contributed by atoms with Gasteiger partial charge in [0.1, 0.15) is 0 Å². The zero-order valence-electron chi connectivity index (χ0n) is 13.4. The molecule has 3 heterocycles. The number of carbonyl (C=O) groups is 2. The van der Waals surface area contributed by atoms with E-state index in [1.165, 1.54) is 0 Å². The third-order valence-corrected chi connectivity index (χ3v) is 3.87. The van der Waals surface area contributed by atoms with Crippen LogP contribution in [0.15, 0.2) is 30.5 Å². The first-order valence-corrected chi connectivity index (χ1v) is 8.02. The number of nitrogens with one attached hydrogen (secondary N) is 2. The summed E-state index contributed by atoms with van der Waals surface area (Å²) in [7, 11) is 0. The van der Waals surface area contributed by atoms with Crippen LogP contribution < -0.4 is 10.6 Å². The van der Waals surface area contributed by atoms with Crippen molar-refractivity contribution in [2.75, 3.05) is 45.9 Å². The monoisotopic (exact) mass is 331 g/mol. The van der Waals surface area contributed by atoms with Gasteiger partial charge < -0.3 is 15.4 Å². The fourth-order valence-electron chi connectivity index (χ4n) is 2.54. The second-order valence-corrected chi connectivity index (χ2v) is 5.59. The number of carbonyl (C=O) groups excluding carboxylic acids is 2. The fraction of sp³-hybridized carbons (Fsp3) is 0.438. The Morgan fingerprint density at radius 3 is 2.83 bits per heavy atom. The molecule has 8 heteroatoms. The van der Waals surface area contributed by atoms with Crippen LogP contribution in [0.4, 0.5) is 0 Å². The van der Waals surface area contributed by atoms with Gasteiger partial charge in [-0.25, -0.2) is 4.52 Å². The van der Waals surface area contributed by atoms with Crippen LogP contribution in [0.2, 0.25) is 0 Å². The molecule has 0 atom stereocenters. The van der Waals surface area contributed by atoms with E-state index >= 15 is 0 Å². The Kier molecular flexibility index (Phi) is 5.39. The normalized spacial score (nSPS) is 15.3. The SMILES string of the molecule is O=C(CNC(=O)c1cc2ccccn2n1)NCCN1CCOCC1. The highest BCUT2D eigenvalue weighted by atomic mass is 16.5. The van der Waals surface area contributed by atoms with E-state index in [0.717, 1.165) is 38.4 Å². The Morgan fingerprint density at radius 2 is 2.04 bits per heavy atom. The highest BCUT2D eigenvalue weighted by Crippen LogP contribution is 2.05. The standard InChI is InChI=1S/C16H21N5O3/c22-15(17-4-6-20-7-9-24-10-8-20)12-18-16(23)14-11-13-3-1-2-5-21(13)19-14/h1-3,5,11H,4,6-10,12H2,(H,17,22)(H,18,23). The average Bonchev–Trinajstić information content (AvgIpc) is 3.05. The fourth-order valence-corrected chi connectivity index (χ4v) is 2.54. The van der Waals surface area contributed by atoms with Gasteiger partial charge in [-0.3, -0.25) is 14.5 Å². The second-order valence-electron chi connectivity index (χ2n) is 5.59. The van der Waals surface area contributed by atoms with E-state index in [4.69, 9.17) is 4.74 Å². The maximum Gasteiger partial charge on any atom is 0.272 e. The van der Waals surface area contributed by atoms with E-state index in [1.807, 2.05) is 18.2 Å². The molecule has 24 heavy (non-hydrogen) atoms. The molecular weight excluding hydrogens is 310 g/mol. The summed E-state index contributed by atoms with van der Waals surface area (Å²) in [6.45, 7) is 4.54. The van der Waals surface area contributed by atoms with Gasteiger partial charge in [-0.15, -0.1) is 0 Å². The lowest BCUT2D eigenvalue weighted by Crippen LogP contribution is -2.43. The van der Waals surface area contributed by atoms with Gasteiger partial charge in [-0.1, -0.05) is 6.07 Å². The second kappa shape index (κ2) is 7.89. The molecule has 8 nitrogen and oxygen atoms in total. The predicted molar refractivity (Wildman–Crippen MR) is 87.8 cm³/mol. The molecule has 1 aliphatic rings. The van der Waals surface area contributed by atoms with Gasteiger partial charge in [0.15, 0.2) is 5.69 Å². The topological polar surface area (TPSA) is 88.0 Å². The van der Waals surface area contributed by atoms with Crippen LogP contribution in [-0.4, -0.2) is 72.3 Å². The molecule has 0 aromatic carbocycles. The van der Waals surface area contributed by atoms with Gasteiger partial charge in [-0.2, -0.15) is 5.10 Å². The van der Waals surface area contributed by atoms with E-state index < -0.39 is 0 Å². The lowest BCUT2D eigenvalue weighted by Gasteiger charge is -2.26. The van der Waals surface area contributed by atoms with Gasteiger partial charge in [0, 0.05) is 32.4 Å². The highest BCUT2D eigenvalue weighted by molar-refractivity contribution is 5.95. The summed E-state index contributed by atoms with van der Waals surface area (Å²) in [5, 5.41) is 9.56. The molecule has 0 aliphatic carbocycles. The first-order chi connectivity index (χ1) is 11.7. The molecule has 3 rings (SSSR count). The molecule has 0 spiro atoms. The van der Waals surface area contributed by atoms with Gasteiger partial charge in [-0.05, 0) is 18.2 Å². The van der Waals surface area contributed by atoms with Crippen molar-refractivity contribution in [1.82, 2.24) is 25.1 Å². The Labute approximate surface area is 139 Å². The third kappa shape index (κ3) is 4.30. The summed E-state index contributed by atoms with van der Waals surface area (Å²) in [6, 6.07) is 7.26. The number of amides is 2. The Morgan fingerprint density at radius 1 is 1.21 bits per heavy atom. The summed E-state index contributed by atoms with van der Waals surface area (Å²) in [5.41, 5.74) is 1.12.